The Morgan fingerprint density at radius 2 is 1.97 bits per heavy atom. The third-order valence-corrected chi connectivity index (χ3v) is 5.33. The third-order valence-electron chi connectivity index (χ3n) is 5.33. The number of aromatic nitrogens is 7. The van der Waals surface area contributed by atoms with E-state index in [-0.39, 0.29) is 5.92 Å². The molecule has 5 rings (SSSR count). The molecule has 1 aliphatic heterocycles. The van der Waals surface area contributed by atoms with Crippen LogP contribution in [0.3, 0.4) is 0 Å². The maximum absolute atomic E-state index is 11.4. The van der Waals surface area contributed by atoms with Crippen molar-refractivity contribution in [3.05, 3.63) is 71.7 Å². The zero-order valence-corrected chi connectivity index (χ0v) is 16.4. The Morgan fingerprint density at radius 3 is 2.73 bits per heavy atom. The number of benzene rings is 1. The topological polar surface area (TPSA) is 117 Å². The Morgan fingerprint density at radius 1 is 1.13 bits per heavy atom. The number of aryl methyl sites for hydroxylation is 2. The van der Waals surface area contributed by atoms with Gasteiger partial charge in [0.2, 0.25) is 5.91 Å². The molecular weight excluding hydrogens is 380 g/mol. The first-order valence-corrected chi connectivity index (χ1v) is 9.76. The molecule has 0 aliphatic carbocycles. The number of hydrogen-bond acceptors (Lipinski definition) is 6. The highest BCUT2D eigenvalue weighted by atomic mass is 16.1. The van der Waals surface area contributed by atoms with Crippen LogP contribution in [0.15, 0.2) is 48.8 Å². The first-order valence-electron chi connectivity index (χ1n) is 9.76. The molecule has 9 heteroatoms. The van der Waals surface area contributed by atoms with Gasteiger partial charge in [0.25, 0.3) is 0 Å². The molecule has 0 fully saturated rings. The summed E-state index contributed by atoms with van der Waals surface area (Å²) in [6.45, 7) is 2.74. The lowest BCUT2D eigenvalue weighted by molar-refractivity contribution is 0.100. The molecule has 3 aromatic heterocycles. The summed E-state index contributed by atoms with van der Waals surface area (Å²) < 4.78 is 3.76. The quantitative estimate of drug-likeness (QED) is 0.560. The lowest BCUT2D eigenvalue weighted by Gasteiger charge is -2.21. The number of amides is 1. The molecule has 0 radical (unpaired) electrons. The fourth-order valence-corrected chi connectivity index (χ4v) is 3.76. The summed E-state index contributed by atoms with van der Waals surface area (Å²) in [6, 6.07) is 12.8. The minimum absolute atomic E-state index is 0.148. The van der Waals surface area contributed by atoms with Gasteiger partial charge in [-0.15, -0.1) is 5.10 Å². The average Bonchev–Trinajstić information content (AvgIpc) is 3.40. The van der Waals surface area contributed by atoms with Crippen LogP contribution in [0.25, 0.3) is 17.2 Å². The maximum Gasteiger partial charge on any atom is 0.248 e. The Hall–Kier alpha value is -3.88. The van der Waals surface area contributed by atoms with E-state index >= 15 is 0 Å². The van der Waals surface area contributed by atoms with Crippen LogP contribution in [0, 0.1) is 6.92 Å². The number of pyridine rings is 1. The molecule has 1 aliphatic rings. The second-order valence-corrected chi connectivity index (χ2v) is 7.37. The number of nitrogens with two attached hydrogens (primary N) is 1. The molecule has 4 heterocycles. The van der Waals surface area contributed by atoms with Crippen molar-refractivity contribution < 1.29 is 4.79 Å². The Balaban J connectivity index is 1.58. The number of hydrogen-bond donors (Lipinski definition) is 1. The van der Waals surface area contributed by atoms with E-state index in [1.807, 2.05) is 46.6 Å². The van der Waals surface area contributed by atoms with Gasteiger partial charge in [-0.25, -0.2) is 15.0 Å². The number of rotatable bonds is 4. The van der Waals surface area contributed by atoms with Gasteiger partial charge >= 0.3 is 0 Å². The van der Waals surface area contributed by atoms with Gasteiger partial charge in [-0.2, -0.15) is 9.78 Å². The molecule has 9 nitrogen and oxygen atoms in total. The highest BCUT2D eigenvalue weighted by Gasteiger charge is 2.28. The lowest BCUT2D eigenvalue weighted by Crippen LogP contribution is -2.22. The summed E-state index contributed by atoms with van der Waals surface area (Å²) >= 11 is 0. The van der Waals surface area contributed by atoms with Crippen LogP contribution >= 0.6 is 0 Å². The van der Waals surface area contributed by atoms with E-state index in [1.54, 1.807) is 18.5 Å². The van der Waals surface area contributed by atoms with Crippen molar-refractivity contribution in [1.29, 1.82) is 0 Å². The van der Waals surface area contributed by atoms with Crippen LogP contribution in [0.4, 0.5) is 0 Å². The van der Waals surface area contributed by atoms with E-state index in [2.05, 4.69) is 15.1 Å². The molecule has 1 unspecified atom stereocenters. The summed E-state index contributed by atoms with van der Waals surface area (Å²) in [6.07, 6.45) is 3.22. The van der Waals surface area contributed by atoms with Crippen molar-refractivity contribution in [3.8, 4) is 17.2 Å². The standard InChI is InChI=1S/C21H20N8O/c1-13-3-2-4-17(25-13)29-21(16-9-10-28-18(11-16)23-12-24-28)26-20(27-29)15-7-5-14(6-8-15)19(22)30/h2-8,12,16H,9-11H2,1H3,(H2,22,30). The van der Waals surface area contributed by atoms with Gasteiger partial charge in [-0.05, 0) is 37.6 Å². The largest absolute Gasteiger partial charge is 0.366 e. The van der Waals surface area contributed by atoms with E-state index in [1.165, 1.54) is 0 Å². The smallest absolute Gasteiger partial charge is 0.248 e. The zero-order chi connectivity index (χ0) is 20.7. The molecular formula is C21H20N8O. The first-order chi connectivity index (χ1) is 14.6. The number of carbonyl (C=O) groups excluding carboxylic acids is 1. The maximum atomic E-state index is 11.4. The summed E-state index contributed by atoms with van der Waals surface area (Å²) in [7, 11) is 0. The highest BCUT2D eigenvalue weighted by Crippen LogP contribution is 2.30. The van der Waals surface area contributed by atoms with Gasteiger partial charge < -0.3 is 5.73 Å². The number of carbonyl (C=O) groups is 1. The van der Waals surface area contributed by atoms with Gasteiger partial charge in [0, 0.05) is 35.7 Å². The molecule has 30 heavy (non-hydrogen) atoms. The van der Waals surface area contributed by atoms with Crippen molar-refractivity contribution in [2.45, 2.75) is 32.2 Å². The minimum Gasteiger partial charge on any atom is -0.366 e. The van der Waals surface area contributed by atoms with E-state index in [9.17, 15) is 4.79 Å². The summed E-state index contributed by atoms with van der Waals surface area (Å²) in [4.78, 5) is 25.3. The minimum atomic E-state index is -0.462. The van der Waals surface area contributed by atoms with Crippen molar-refractivity contribution in [1.82, 2.24) is 34.5 Å². The summed E-state index contributed by atoms with van der Waals surface area (Å²) in [5.74, 6) is 2.79. The van der Waals surface area contributed by atoms with Gasteiger partial charge in [-0.3, -0.25) is 9.48 Å². The highest BCUT2D eigenvalue weighted by molar-refractivity contribution is 5.93. The van der Waals surface area contributed by atoms with E-state index in [4.69, 9.17) is 15.8 Å². The van der Waals surface area contributed by atoms with Crippen LogP contribution in [0.5, 0.6) is 0 Å². The SMILES string of the molecule is Cc1cccc(-n2nc(-c3ccc(C(N)=O)cc3)nc2C2CCn3ncnc3C2)n1. The van der Waals surface area contributed by atoms with Gasteiger partial charge in [0.15, 0.2) is 11.6 Å². The predicted molar refractivity (Wildman–Crippen MR) is 109 cm³/mol. The predicted octanol–water partition coefficient (Wildman–Crippen LogP) is 2.06. The molecule has 0 spiro atoms. The fourth-order valence-electron chi connectivity index (χ4n) is 3.76. The number of primary amides is 1. The summed E-state index contributed by atoms with van der Waals surface area (Å²) in [5.41, 5.74) is 7.52. The molecule has 1 amide bonds. The van der Waals surface area contributed by atoms with Crippen LogP contribution in [0.2, 0.25) is 0 Å². The molecule has 0 bridgehead atoms. The summed E-state index contributed by atoms with van der Waals surface area (Å²) in [5, 5.41) is 9.03. The third kappa shape index (κ3) is 3.24. The van der Waals surface area contributed by atoms with Crippen LogP contribution in [0.1, 0.15) is 40.0 Å². The molecule has 0 saturated heterocycles. The molecule has 1 aromatic carbocycles. The molecule has 4 aromatic rings. The van der Waals surface area contributed by atoms with Crippen LogP contribution < -0.4 is 5.73 Å². The molecule has 0 saturated carbocycles. The Kier molecular flexibility index (Phi) is 4.35. The normalized spacial score (nSPS) is 15.7. The van der Waals surface area contributed by atoms with E-state index in [0.717, 1.165) is 48.1 Å². The monoisotopic (exact) mass is 400 g/mol. The van der Waals surface area contributed by atoms with Gasteiger partial charge in [0.1, 0.15) is 18.0 Å². The van der Waals surface area contributed by atoms with Gasteiger partial charge in [0.05, 0.1) is 0 Å². The second kappa shape index (κ2) is 7.18. The molecule has 1 atom stereocenters. The number of nitrogens with zero attached hydrogens (tertiary/aromatic N) is 7. The van der Waals surface area contributed by atoms with E-state index < -0.39 is 5.91 Å². The molecule has 150 valence electrons. The first kappa shape index (κ1) is 18.2. The van der Waals surface area contributed by atoms with Crippen LogP contribution in [-0.2, 0) is 13.0 Å². The lowest BCUT2D eigenvalue weighted by atomic mass is 9.97. The Bertz CT molecular complexity index is 1220. The zero-order valence-electron chi connectivity index (χ0n) is 16.4. The van der Waals surface area contributed by atoms with Crippen molar-refractivity contribution >= 4 is 5.91 Å². The van der Waals surface area contributed by atoms with Crippen molar-refractivity contribution in [3.63, 3.8) is 0 Å². The molecule has 2 N–H and O–H groups in total. The Labute approximate surface area is 172 Å². The second-order valence-electron chi connectivity index (χ2n) is 7.37. The van der Waals surface area contributed by atoms with Gasteiger partial charge in [-0.1, -0.05) is 18.2 Å². The van der Waals surface area contributed by atoms with Crippen molar-refractivity contribution in [2.75, 3.05) is 0 Å². The van der Waals surface area contributed by atoms with E-state index in [0.29, 0.717) is 11.4 Å². The van der Waals surface area contributed by atoms with Crippen LogP contribution in [-0.4, -0.2) is 40.4 Å². The van der Waals surface area contributed by atoms with Crippen molar-refractivity contribution in [2.24, 2.45) is 5.73 Å². The number of fused-ring (bicyclic) bond motifs is 1. The fraction of sp³-hybridized carbons (Fsp3) is 0.238. The average molecular weight is 400 g/mol.